The third-order valence-electron chi connectivity index (χ3n) is 5.58. The zero-order valence-corrected chi connectivity index (χ0v) is 21.1. The molecule has 31 heavy (non-hydrogen) atoms. The molecule has 0 N–H and O–H groups in total. The van der Waals surface area contributed by atoms with Crippen LogP contribution in [0.1, 0.15) is 58.2 Å². The van der Waals surface area contributed by atoms with E-state index in [1.165, 1.54) is 16.7 Å². The molecule has 0 nitrogen and oxygen atoms in total. The van der Waals surface area contributed by atoms with E-state index >= 15 is 0 Å². The van der Waals surface area contributed by atoms with E-state index in [0.717, 1.165) is 19.3 Å². The van der Waals surface area contributed by atoms with Crippen molar-refractivity contribution >= 4 is 23.8 Å². The van der Waals surface area contributed by atoms with Crippen LogP contribution < -0.4 is 15.9 Å². The number of benzene rings is 3. The van der Waals surface area contributed by atoms with Gasteiger partial charge < -0.3 is 0 Å². The lowest BCUT2D eigenvalue weighted by atomic mass is 10.0. The molecule has 0 aliphatic rings. The summed E-state index contributed by atoms with van der Waals surface area (Å²) < 4.78 is 0. The molecular formula is C30H39P. The van der Waals surface area contributed by atoms with Gasteiger partial charge in [-0.05, 0) is 77.5 Å². The lowest BCUT2D eigenvalue weighted by Gasteiger charge is -2.28. The maximum absolute atomic E-state index is 2.40. The van der Waals surface area contributed by atoms with E-state index in [1.54, 1.807) is 15.9 Å². The standard InChI is InChI=1S/C30H39P/c1-22(2)19-25-13-7-10-16-28(25)31(29-17-11-8-14-26(29)20-23(3)4)30-18-12-9-15-27(30)21-24(5)6/h7-18,22-24H,19-21H2,1-6H3. The summed E-state index contributed by atoms with van der Waals surface area (Å²) in [6.07, 6.45) is 3.40. The molecule has 164 valence electrons. The van der Waals surface area contributed by atoms with E-state index in [-0.39, 0.29) is 0 Å². The summed E-state index contributed by atoms with van der Waals surface area (Å²) in [6, 6.07) is 27.7. The van der Waals surface area contributed by atoms with Crippen LogP contribution in [-0.4, -0.2) is 0 Å². The van der Waals surface area contributed by atoms with Crippen LogP contribution in [0.5, 0.6) is 0 Å². The van der Waals surface area contributed by atoms with Crippen molar-refractivity contribution in [2.75, 3.05) is 0 Å². The molecule has 0 fully saturated rings. The Hall–Kier alpha value is -1.91. The molecule has 0 saturated carbocycles. The SMILES string of the molecule is CC(C)Cc1ccccc1P(c1ccccc1CC(C)C)c1ccccc1CC(C)C. The summed E-state index contributed by atoms with van der Waals surface area (Å²) in [4.78, 5) is 0. The van der Waals surface area contributed by atoms with Gasteiger partial charge >= 0.3 is 0 Å². The van der Waals surface area contributed by atoms with Gasteiger partial charge in [0.25, 0.3) is 0 Å². The monoisotopic (exact) mass is 430 g/mol. The Kier molecular flexibility index (Phi) is 8.50. The molecule has 0 aromatic heterocycles. The first-order valence-electron chi connectivity index (χ1n) is 11.9. The van der Waals surface area contributed by atoms with Crippen LogP contribution in [0.25, 0.3) is 0 Å². The van der Waals surface area contributed by atoms with E-state index in [4.69, 9.17) is 0 Å². The lowest BCUT2D eigenvalue weighted by Crippen LogP contribution is -2.28. The van der Waals surface area contributed by atoms with Gasteiger partial charge in [-0.2, -0.15) is 0 Å². The van der Waals surface area contributed by atoms with E-state index in [1.807, 2.05) is 0 Å². The Morgan fingerprint density at radius 2 is 0.710 bits per heavy atom. The fourth-order valence-corrected chi connectivity index (χ4v) is 7.26. The molecule has 3 aromatic carbocycles. The molecule has 0 aliphatic heterocycles. The Balaban J connectivity index is 2.26. The minimum Gasteiger partial charge on any atom is -0.0625 e. The van der Waals surface area contributed by atoms with Crippen LogP contribution >= 0.6 is 7.92 Å². The first-order chi connectivity index (χ1) is 14.9. The third kappa shape index (κ3) is 6.30. The van der Waals surface area contributed by atoms with Gasteiger partial charge in [-0.1, -0.05) is 114 Å². The highest BCUT2D eigenvalue weighted by Crippen LogP contribution is 2.38. The van der Waals surface area contributed by atoms with Crippen LogP contribution in [0.2, 0.25) is 0 Å². The van der Waals surface area contributed by atoms with Crippen LogP contribution in [0.15, 0.2) is 72.8 Å². The molecule has 3 aromatic rings. The largest absolute Gasteiger partial charge is 0.0625 e. The Morgan fingerprint density at radius 3 is 0.968 bits per heavy atom. The highest BCUT2D eigenvalue weighted by atomic mass is 31.1. The summed E-state index contributed by atoms with van der Waals surface area (Å²) in [5, 5.41) is 4.62. The molecule has 0 radical (unpaired) electrons. The van der Waals surface area contributed by atoms with Crippen LogP contribution in [0, 0.1) is 17.8 Å². The van der Waals surface area contributed by atoms with Gasteiger partial charge in [-0.25, -0.2) is 0 Å². The summed E-state index contributed by atoms with van der Waals surface area (Å²) in [5.74, 6) is 1.94. The van der Waals surface area contributed by atoms with E-state index in [9.17, 15) is 0 Å². The van der Waals surface area contributed by atoms with Crippen molar-refractivity contribution in [2.45, 2.75) is 60.8 Å². The predicted molar refractivity (Wildman–Crippen MR) is 141 cm³/mol. The van der Waals surface area contributed by atoms with Crippen LogP contribution in [-0.2, 0) is 19.3 Å². The molecular weight excluding hydrogens is 391 g/mol. The Labute approximate surface area is 191 Å². The lowest BCUT2D eigenvalue weighted by molar-refractivity contribution is 0.648. The maximum atomic E-state index is 2.40. The highest BCUT2D eigenvalue weighted by molar-refractivity contribution is 7.80. The second kappa shape index (κ2) is 11.1. The molecule has 3 rings (SSSR count). The van der Waals surface area contributed by atoms with Crippen molar-refractivity contribution in [3.63, 3.8) is 0 Å². The predicted octanol–water partition coefficient (Wildman–Crippen LogP) is 7.04. The van der Waals surface area contributed by atoms with Crippen molar-refractivity contribution in [3.8, 4) is 0 Å². The number of rotatable bonds is 9. The second-order valence-electron chi connectivity index (χ2n) is 10.0. The molecule has 0 aliphatic carbocycles. The van der Waals surface area contributed by atoms with Crippen molar-refractivity contribution in [1.29, 1.82) is 0 Å². The number of hydrogen-bond donors (Lipinski definition) is 0. The van der Waals surface area contributed by atoms with Gasteiger partial charge in [0.2, 0.25) is 0 Å². The first-order valence-corrected chi connectivity index (χ1v) is 13.2. The van der Waals surface area contributed by atoms with Gasteiger partial charge in [0.1, 0.15) is 0 Å². The average Bonchev–Trinajstić information content (AvgIpc) is 2.70. The highest BCUT2D eigenvalue weighted by Gasteiger charge is 2.24. The quantitative estimate of drug-likeness (QED) is 0.319. The van der Waals surface area contributed by atoms with Gasteiger partial charge in [-0.3, -0.25) is 0 Å². The molecule has 1 heteroatoms. The summed E-state index contributed by atoms with van der Waals surface area (Å²) in [6.45, 7) is 14.0. The molecule has 0 heterocycles. The third-order valence-corrected chi connectivity index (χ3v) is 8.34. The maximum Gasteiger partial charge on any atom is -0.0119 e. The smallest absolute Gasteiger partial charge is 0.0119 e. The number of hydrogen-bond acceptors (Lipinski definition) is 0. The molecule has 0 atom stereocenters. The van der Waals surface area contributed by atoms with E-state index in [0.29, 0.717) is 17.8 Å². The fraction of sp³-hybridized carbons (Fsp3) is 0.400. The topological polar surface area (TPSA) is 0 Å². The zero-order chi connectivity index (χ0) is 22.4. The van der Waals surface area contributed by atoms with Gasteiger partial charge in [0.05, 0.1) is 0 Å². The fourth-order valence-electron chi connectivity index (χ4n) is 4.41. The average molecular weight is 431 g/mol. The van der Waals surface area contributed by atoms with Gasteiger partial charge in [0, 0.05) is 0 Å². The van der Waals surface area contributed by atoms with Crippen molar-refractivity contribution in [1.82, 2.24) is 0 Å². The minimum absolute atomic E-state index is 0.600. The molecule has 0 unspecified atom stereocenters. The zero-order valence-electron chi connectivity index (χ0n) is 20.2. The first kappa shape index (κ1) is 23.7. The molecule has 0 amide bonds. The van der Waals surface area contributed by atoms with Crippen LogP contribution in [0.4, 0.5) is 0 Å². The van der Waals surface area contributed by atoms with E-state index in [2.05, 4.69) is 114 Å². The van der Waals surface area contributed by atoms with Crippen molar-refractivity contribution in [3.05, 3.63) is 89.5 Å². The summed E-state index contributed by atoms with van der Waals surface area (Å²) in [7, 11) is -0.600. The van der Waals surface area contributed by atoms with E-state index < -0.39 is 7.92 Å². The van der Waals surface area contributed by atoms with Gasteiger partial charge in [0.15, 0.2) is 0 Å². The second-order valence-corrected chi connectivity index (χ2v) is 12.1. The molecule has 0 spiro atoms. The Morgan fingerprint density at radius 1 is 0.452 bits per heavy atom. The normalized spacial score (nSPS) is 11.8. The molecule has 0 saturated heterocycles. The van der Waals surface area contributed by atoms with Crippen molar-refractivity contribution < 1.29 is 0 Å². The summed E-state index contributed by atoms with van der Waals surface area (Å²) >= 11 is 0. The summed E-state index contributed by atoms with van der Waals surface area (Å²) in [5.41, 5.74) is 4.55. The van der Waals surface area contributed by atoms with Crippen LogP contribution in [0.3, 0.4) is 0 Å². The minimum atomic E-state index is -0.600. The molecule has 0 bridgehead atoms. The Bertz CT molecular complexity index is 840. The van der Waals surface area contributed by atoms with Crippen molar-refractivity contribution in [2.24, 2.45) is 17.8 Å². The van der Waals surface area contributed by atoms with Gasteiger partial charge in [-0.15, -0.1) is 0 Å².